The minimum Gasteiger partial charge on any atom is -0.313 e. The van der Waals surface area contributed by atoms with Gasteiger partial charge in [0, 0.05) is 30.7 Å². The number of nitrogens with one attached hydrogen (secondary N) is 1. The quantitative estimate of drug-likeness (QED) is 0.771. The lowest BCUT2D eigenvalue weighted by atomic mass is 10.3. The number of nitrogens with zero attached hydrogens (tertiary/aromatic N) is 5. The zero-order valence-corrected chi connectivity index (χ0v) is 12.0. The van der Waals surface area contributed by atoms with Crippen LogP contribution >= 0.6 is 11.8 Å². The van der Waals surface area contributed by atoms with E-state index < -0.39 is 0 Å². The first-order valence-electron chi connectivity index (χ1n) is 6.27. The lowest BCUT2D eigenvalue weighted by molar-refractivity contribution is 0.485. The van der Waals surface area contributed by atoms with Gasteiger partial charge < -0.3 is 5.32 Å². The summed E-state index contributed by atoms with van der Waals surface area (Å²) in [6.07, 6.45) is 3.59. The molecule has 2 aromatic rings. The van der Waals surface area contributed by atoms with Crippen LogP contribution in [0.2, 0.25) is 0 Å². The van der Waals surface area contributed by atoms with Gasteiger partial charge in [0.15, 0.2) is 0 Å². The van der Waals surface area contributed by atoms with Crippen molar-refractivity contribution in [2.75, 3.05) is 6.54 Å². The topological polar surface area (TPSA) is 68.5 Å². The Labute approximate surface area is 117 Å². The second kappa shape index (κ2) is 7.20. The van der Waals surface area contributed by atoms with Crippen molar-refractivity contribution >= 4 is 11.8 Å². The van der Waals surface area contributed by atoms with Crippen LogP contribution in [0.1, 0.15) is 19.4 Å². The molecule has 102 valence electrons. The molecule has 0 saturated carbocycles. The van der Waals surface area contributed by atoms with Crippen LogP contribution in [0.4, 0.5) is 0 Å². The molecule has 0 aliphatic carbocycles. The highest BCUT2D eigenvalue weighted by Gasteiger charge is 2.06. The monoisotopic (exact) mass is 278 g/mol. The predicted molar refractivity (Wildman–Crippen MR) is 74.8 cm³/mol. The van der Waals surface area contributed by atoms with E-state index in [1.807, 2.05) is 16.8 Å². The normalized spacial score (nSPS) is 11.1. The molecule has 0 amide bonds. The van der Waals surface area contributed by atoms with Gasteiger partial charge >= 0.3 is 0 Å². The molecule has 0 atom stereocenters. The van der Waals surface area contributed by atoms with E-state index in [0.717, 1.165) is 24.0 Å². The van der Waals surface area contributed by atoms with Crippen LogP contribution in [0.15, 0.2) is 29.7 Å². The van der Waals surface area contributed by atoms with E-state index in [9.17, 15) is 0 Å². The Hall–Kier alpha value is -1.47. The van der Waals surface area contributed by atoms with Gasteiger partial charge in [0.2, 0.25) is 5.16 Å². The molecule has 2 rings (SSSR count). The summed E-state index contributed by atoms with van der Waals surface area (Å²) >= 11 is 1.64. The van der Waals surface area contributed by atoms with Crippen LogP contribution in [-0.2, 0) is 12.3 Å². The van der Waals surface area contributed by atoms with Gasteiger partial charge in [0.25, 0.3) is 0 Å². The van der Waals surface area contributed by atoms with Gasteiger partial charge in [-0.25, -0.2) is 4.68 Å². The minimum atomic E-state index is 0.476. The van der Waals surface area contributed by atoms with Crippen molar-refractivity contribution in [1.29, 1.82) is 0 Å². The molecule has 0 unspecified atom stereocenters. The van der Waals surface area contributed by atoms with Crippen LogP contribution in [0.5, 0.6) is 0 Å². The van der Waals surface area contributed by atoms with Gasteiger partial charge in [0.05, 0.1) is 6.54 Å². The molecule has 2 heterocycles. The Morgan fingerprint density at radius 1 is 1.32 bits per heavy atom. The number of hydrogen-bond acceptors (Lipinski definition) is 6. The second-order valence-electron chi connectivity index (χ2n) is 4.44. The molecule has 0 radical (unpaired) electrons. The molecule has 7 heteroatoms. The molecule has 2 aromatic heterocycles. The summed E-state index contributed by atoms with van der Waals surface area (Å²) in [4.78, 5) is 4.00. The van der Waals surface area contributed by atoms with Crippen molar-refractivity contribution in [2.24, 2.45) is 0 Å². The Morgan fingerprint density at radius 2 is 2.11 bits per heavy atom. The number of aromatic nitrogens is 5. The summed E-state index contributed by atoms with van der Waals surface area (Å²) in [5.41, 5.74) is 1.22. The Morgan fingerprint density at radius 3 is 2.84 bits per heavy atom. The molecule has 0 aromatic carbocycles. The highest BCUT2D eigenvalue weighted by molar-refractivity contribution is 7.98. The first kappa shape index (κ1) is 14.0. The number of rotatable bonds is 7. The smallest absolute Gasteiger partial charge is 0.209 e. The predicted octanol–water partition coefficient (Wildman–Crippen LogP) is 1.36. The summed E-state index contributed by atoms with van der Waals surface area (Å²) < 4.78 is 1.83. The maximum absolute atomic E-state index is 4.05. The van der Waals surface area contributed by atoms with Crippen molar-refractivity contribution in [1.82, 2.24) is 30.5 Å². The van der Waals surface area contributed by atoms with Gasteiger partial charge in [-0.2, -0.15) is 0 Å². The van der Waals surface area contributed by atoms with Gasteiger partial charge in [0.1, 0.15) is 0 Å². The number of tetrazole rings is 1. The van der Waals surface area contributed by atoms with E-state index in [1.165, 1.54) is 5.56 Å². The van der Waals surface area contributed by atoms with E-state index in [2.05, 4.69) is 39.7 Å². The van der Waals surface area contributed by atoms with Crippen LogP contribution in [-0.4, -0.2) is 37.8 Å². The fraction of sp³-hybridized carbons (Fsp3) is 0.500. The first-order chi connectivity index (χ1) is 9.25. The third-order valence-electron chi connectivity index (χ3n) is 2.49. The molecule has 1 N–H and O–H groups in total. The van der Waals surface area contributed by atoms with Crippen LogP contribution in [0.3, 0.4) is 0 Å². The molecule has 0 aliphatic rings. The van der Waals surface area contributed by atoms with Crippen molar-refractivity contribution in [2.45, 2.75) is 37.3 Å². The summed E-state index contributed by atoms with van der Waals surface area (Å²) in [6, 6.07) is 4.48. The highest BCUT2D eigenvalue weighted by Crippen LogP contribution is 2.18. The molecule has 0 aliphatic heterocycles. The average Bonchev–Trinajstić information content (AvgIpc) is 2.85. The Balaban J connectivity index is 1.85. The third kappa shape index (κ3) is 4.60. The Kier molecular flexibility index (Phi) is 5.29. The maximum atomic E-state index is 4.05. The van der Waals surface area contributed by atoms with Crippen molar-refractivity contribution in [3.05, 3.63) is 30.1 Å². The van der Waals surface area contributed by atoms with E-state index in [4.69, 9.17) is 0 Å². The summed E-state index contributed by atoms with van der Waals surface area (Å²) in [5, 5.41) is 16.0. The van der Waals surface area contributed by atoms with Crippen LogP contribution in [0.25, 0.3) is 0 Å². The number of hydrogen-bond donors (Lipinski definition) is 1. The first-order valence-corrected chi connectivity index (χ1v) is 7.25. The lowest BCUT2D eigenvalue weighted by Crippen LogP contribution is -2.27. The molecule has 0 spiro atoms. The van der Waals surface area contributed by atoms with Gasteiger partial charge in [-0.05, 0) is 28.1 Å². The summed E-state index contributed by atoms with van der Waals surface area (Å²) in [7, 11) is 0. The fourth-order valence-electron chi connectivity index (χ4n) is 1.53. The summed E-state index contributed by atoms with van der Waals surface area (Å²) in [6.45, 7) is 5.90. The third-order valence-corrected chi connectivity index (χ3v) is 3.52. The molecular formula is C12H18N6S. The second-order valence-corrected chi connectivity index (χ2v) is 5.38. The Bertz CT molecular complexity index is 484. The zero-order valence-electron chi connectivity index (χ0n) is 11.2. The van der Waals surface area contributed by atoms with E-state index in [-0.39, 0.29) is 0 Å². The number of pyridine rings is 1. The minimum absolute atomic E-state index is 0.476. The highest BCUT2D eigenvalue weighted by atomic mass is 32.2. The molecule has 0 saturated heterocycles. The lowest BCUT2D eigenvalue weighted by Gasteiger charge is -2.08. The molecule has 0 bridgehead atoms. The molecule has 19 heavy (non-hydrogen) atoms. The molecule has 0 fully saturated rings. The summed E-state index contributed by atoms with van der Waals surface area (Å²) in [5.74, 6) is 0.848. The maximum Gasteiger partial charge on any atom is 0.209 e. The van der Waals surface area contributed by atoms with Gasteiger partial charge in [-0.1, -0.05) is 25.6 Å². The van der Waals surface area contributed by atoms with Crippen LogP contribution in [0, 0.1) is 0 Å². The van der Waals surface area contributed by atoms with Crippen molar-refractivity contribution < 1.29 is 0 Å². The van der Waals surface area contributed by atoms with Crippen molar-refractivity contribution in [3.8, 4) is 0 Å². The standard InChI is InChI=1S/C12H18N6S/c1-10(2)14-7-8-18-12(15-16-17-18)19-9-11-3-5-13-6-4-11/h3-6,10,14H,7-9H2,1-2H3. The van der Waals surface area contributed by atoms with E-state index in [0.29, 0.717) is 6.04 Å². The van der Waals surface area contributed by atoms with Crippen LogP contribution < -0.4 is 5.32 Å². The SMILES string of the molecule is CC(C)NCCn1nnnc1SCc1ccncc1. The largest absolute Gasteiger partial charge is 0.313 e. The fourth-order valence-corrected chi connectivity index (χ4v) is 2.39. The zero-order chi connectivity index (χ0) is 13.5. The van der Waals surface area contributed by atoms with E-state index in [1.54, 1.807) is 24.2 Å². The van der Waals surface area contributed by atoms with Gasteiger partial charge in [-0.15, -0.1) is 5.10 Å². The van der Waals surface area contributed by atoms with E-state index >= 15 is 0 Å². The molecular weight excluding hydrogens is 260 g/mol. The average molecular weight is 278 g/mol. The molecule has 6 nitrogen and oxygen atoms in total. The van der Waals surface area contributed by atoms with Crippen molar-refractivity contribution in [3.63, 3.8) is 0 Å². The van der Waals surface area contributed by atoms with Gasteiger partial charge in [-0.3, -0.25) is 4.98 Å². The number of thioether (sulfide) groups is 1.